The summed E-state index contributed by atoms with van der Waals surface area (Å²) in [4.78, 5) is 3.56. The number of aromatic nitrogens is 1. The molecule has 0 saturated carbocycles. The molecule has 0 aromatic carbocycles. The number of pyridine rings is 1. The molecule has 0 aliphatic rings. The molecular formula is C9H7F3N2. The fourth-order valence-electron chi connectivity index (χ4n) is 0.910. The van der Waals surface area contributed by atoms with Crippen LogP contribution in [0.3, 0.4) is 0 Å². The van der Waals surface area contributed by atoms with E-state index in [9.17, 15) is 13.2 Å². The van der Waals surface area contributed by atoms with E-state index >= 15 is 0 Å². The molecule has 0 atom stereocenters. The second kappa shape index (κ2) is 4.01. The molecule has 0 aliphatic carbocycles. The van der Waals surface area contributed by atoms with E-state index in [-0.39, 0.29) is 12.4 Å². The minimum atomic E-state index is -4.41. The molecule has 0 aliphatic heterocycles. The Morgan fingerprint density at radius 3 is 2.79 bits per heavy atom. The van der Waals surface area contributed by atoms with Crippen LogP contribution in [-0.4, -0.2) is 11.5 Å². The molecule has 0 spiro atoms. The van der Waals surface area contributed by atoms with Crippen molar-refractivity contribution in [2.24, 2.45) is 0 Å². The second-order valence-electron chi connectivity index (χ2n) is 2.46. The first-order valence-electron chi connectivity index (χ1n) is 3.75. The van der Waals surface area contributed by atoms with E-state index in [1.54, 1.807) is 0 Å². The number of terminal acetylenes is 1. The average molecular weight is 200 g/mol. The largest absolute Gasteiger partial charge is 0.419 e. The van der Waals surface area contributed by atoms with Crippen molar-refractivity contribution in [2.45, 2.75) is 6.18 Å². The summed E-state index contributed by atoms with van der Waals surface area (Å²) in [5, 5.41) is 2.40. The molecule has 0 fully saturated rings. The highest BCUT2D eigenvalue weighted by Crippen LogP contribution is 2.33. The predicted molar refractivity (Wildman–Crippen MR) is 46.6 cm³/mol. The Labute approximate surface area is 79.2 Å². The van der Waals surface area contributed by atoms with Crippen LogP contribution in [0.4, 0.5) is 19.0 Å². The predicted octanol–water partition coefficient (Wildman–Crippen LogP) is 2.15. The van der Waals surface area contributed by atoms with Gasteiger partial charge in [0.25, 0.3) is 0 Å². The van der Waals surface area contributed by atoms with Gasteiger partial charge in [-0.1, -0.05) is 5.92 Å². The highest BCUT2D eigenvalue weighted by Gasteiger charge is 2.33. The van der Waals surface area contributed by atoms with Gasteiger partial charge in [0.2, 0.25) is 0 Å². The van der Waals surface area contributed by atoms with Gasteiger partial charge in [0.05, 0.1) is 12.1 Å². The highest BCUT2D eigenvalue weighted by molar-refractivity contribution is 5.46. The third-order valence-corrected chi connectivity index (χ3v) is 1.47. The van der Waals surface area contributed by atoms with Crippen LogP contribution in [0.5, 0.6) is 0 Å². The number of anilines is 1. The van der Waals surface area contributed by atoms with E-state index in [0.717, 1.165) is 6.07 Å². The lowest BCUT2D eigenvalue weighted by molar-refractivity contribution is -0.137. The summed E-state index contributed by atoms with van der Waals surface area (Å²) in [5.74, 6) is 1.94. The van der Waals surface area contributed by atoms with E-state index in [4.69, 9.17) is 6.42 Å². The molecule has 74 valence electrons. The maximum atomic E-state index is 12.3. The zero-order valence-corrected chi connectivity index (χ0v) is 7.10. The van der Waals surface area contributed by atoms with Crippen molar-refractivity contribution in [3.8, 4) is 12.3 Å². The van der Waals surface area contributed by atoms with Gasteiger partial charge in [-0.15, -0.1) is 6.42 Å². The topological polar surface area (TPSA) is 24.9 Å². The molecule has 0 bridgehead atoms. The third kappa shape index (κ3) is 2.39. The van der Waals surface area contributed by atoms with Crippen molar-refractivity contribution in [1.29, 1.82) is 0 Å². The minimum Gasteiger partial charge on any atom is -0.359 e. The molecule has 1 rings (SSSR count). The summed E-state index contributed by atoms with van der Waals surface area (Å²) in [6.07, 6.45) is 1.77. The van der Waals surface area contributed by atoms with Crippen molar-refractivity contribution < 1.29 is 13.2 Å². The zero-order valence-electron chi connectivity index (χ0n) is 7.10. The number of hydrogen-bond donors (Lipinski definition) is 1. The van der Waals surface area contributed by atoms with Crippen LogP contribution in [0.15, 0.2) is 18.3 Å². The van der Waals surface area contributed by atoms with E-state index in [1.807, 2.05) is 0 Å². The Morgan fingerprint density at radius 1 is 1.50 bits per heavy atom. The summed E-state index contributed by atoms with van der Waals surface area (Å²) < 4.78 is 37.0. The SMILES string of the molecule is C#CCNc1ncccc1C(F)(F)F. The fraction of sp³-hybridized carbons (Fsp3) is 0.222. The summed E-state index contributed by atoms with van der Waals surface area (Å²) in [7, 11) is 0. The Hall–Kier alpha value is -1.70. The maximum absolute atomic E-state index is 12.3. The number of halogens is 3. The van der Waals surface area contributed by atoms with Crippen LogP contribution in [0, 0.1) is 12.3 Å². The van der Waals surface area contributed by atoms with Crippen LogP contribution in [-0.2, 0) is 6.18 Å². The van der Waals surface area contributed by atoms with E-state index in [0.29, 0.717) is 0 Å². The molecule has 14 heavy (non-hydrogen) atoms. The summed E-state index contributed by atoms with van der Waals surface area (Å²) in [6, 6.07) is 2.18. The zero-order chi connectivity index (χ0) is 10.6. The van der Waals surface area contributed by atoms with Gasteiger partial charge >= 0.3 is 6.18 Å². The van der Waals surface area contributed by atoms with Gasteiger partial charge in [-0.25, -0.2) is 4.98 Å². The van der Waals surface area contributed by atoms with Crippen LogP contribution < -0.4 is 5.32 Å². The van der Waals surface area contributed by atoms with Crippen LogP contribution in [0.25, 0.3) is 0 Å². The van der Waals surface area contributed by atoms with Gasteiger partial charge in [-0.05, 0) is 12.1 Å². The molecule has 0 amide bonds. The normalized spacial score (nSPS) is 10.7. The van der Waals surface area contributed by atoms with Crippen molar-refractivity contribution >= 4 is 5.82 Å². The number of hydrogen-bond acceptors (Lipinski definition) is 2. The summed E-state index contributed by atoms with van der Waals surface area (Å²) >= 11 is 0. The van der Waals surface area contributed by atoms with Crippen LogP contribution in [0.2, 0.25) is 0 Å². The second-order valence-corrected chi connectivity index (χ2v) is 2.46. The Morgan fingerprint density at radius 2 is 2.21 bits per heavy atom. The maximum Gasteiger partial charge on any atom is 0.419 e. The fourth-order valence-corrected chi connectivity index (χ4v) is 0.910. The van der Waals surface area contributed by atoms with Crippen LogP contribution in [0.1, 0.15) is 5.56 Å². The number of alkyl halides is 3. The van der Waals surface area contributed by atoms with E-state index in [2.05, 4.69) is 16.2 Å². The lowest BCUT2D eigenvalue weighted by atomic mass is 10.2. The van der Waals surface area contributed by atoms with E-state index < -0.39 is 11.7 Å². The van der Waals surface area contributed by atoms with Crippen molar-refractivity contribution in [1.82, 2.24) is 4.98 Å². The third-order valence-electron chi connectivity index (χ3n) is 1.47. The molecule has 5 heteroatoms. The molecule has 1 N–H and O–H groups in total. The standard InChI is InChI=1S/C9H7F3N2/c1-2-5-13-8-7(9(10,11)12)4-3-6-14-8/h1,3-4,6H,5H2,(H,13,14). The molecule has 1 aromatic heterocycles. The molecule has 1 aromatic rings. The first kappa shape index (κ1) is 10.4. The molecule has 0 saturated heterocycles. The summed E-state index contributed by atoms with van der Waals surface area (Å²) in [5.41, 5.74) is -0.810. The van der Waals surface area contributed by atoms with E-state index in [1.165, 1.54) is 12.3 Å². The average Bonchev–Trinajstić information content (AvgIpc) is 2.14. The first-order valence-corrected chi connectivity index (χ1v) is 3.75. The summed E-state index contributed by atoms with van der Waals surface area (Å²) in [6.45, 7) is 0.0140. The van der Waals surface area contributed by atoms with Gasteiger partial charge in [-0.3, -0.25) is 0 Å². The van der Waals surface area contributed by atoms with Crippen molar-refractivity contribution in [3.63, 3.8) is 0 Å². The van der Waals surface area contributed by atoms with Gasteiger partial charge in [0.1, 0.15) is 5.82 Å². The quantitative estimate of drug-likeness (QED) is 0.740. The Kier molecular flexibility index (Phi) is 2.97. The smallest absolute Gasteiger partial charge is 0.359 e. The van der Waals surface area contributed by atoms with Crippen LogP contribution >= 0.6 is 0 Å². The van der Waals surface area contributed by atoms with Gasteiger partial charge < -0.3 is 5.32 Å². The molecular weight excluding hydrogens is 193 g/mol. The number of nitrogens with one attached hydrogen (secondary N) is 1. The van der Waals surface area contributed by atoms with Crippen molar-refractivity contribution in [2.75, 3.05) is 11.9 Å². The molecule has 2 nitrogen and oxygen atoms in total. The number of rotatable bonds is 2. The molecule has 0 unspecified atom stereocenters. The lowest BCUT2D eigenvalue weighted by Gasteiger charge is -2.11. The van der Waals surface area contributed by atoms with Crippen molar-refractivity contribution in [3.05, 3.63) is 23.9 Å². The number of nitrogens with zero attached hydrogens (tertiary/aromatic N) is 1. The Bertz CT molecular complexity index is 352. The van der Waals surface area contributed by atoms with Gasteiger partial charge in [0, 0.05) is 6.20 Å². The highest BCUT2D eigenvalue weighted by atomic mass is 19.4. The minimum absolute atomic E-state index is 0.0140. The monoisotopic (exact) mass is 200 g/mol. The van der Waals surface area contributed by atoms with Gasteiger partial charge in [0.15, 0.2) is 0 Å². The Balaban J connectivity index is 2.99. The van der Waals surface area contributed by atoms with Gasteiger partial charge in [-0.2, -0.15) is 13.2 Å². The molecule has 0 radical (unpaired) electrons. The lowest BCUT2D eigenvalue weighted by Crippen LogP contribution is -2.12. The molecule has 1 heterocycles. The first-order chi connectivity index (χ1) is 6.55.